The predicted octanol–water partition coefficient (Wildman–Crippen LogP) is 6.65. The highest BCUT2D eigenvalue weighted by atomic mass is 32.2. The van der Waals surface area contributed by atoms with Crippen LogP contribution in [-0.4, -0.2) is 19.3 Å². The van der Waals surface area contributed by atoms with Crippen LogP contribution in [0.2, 0.25) is 0 Å². The minimum atomic E-state index is -3.71. The van der Waals surface area contributed by atoms with Crippen LogP contribution in [0.15, 0.2) is 95.9 Å². The van der Waals surface area contributed by atoms with Gasteiger partial charge < -0.3 is 4.90 Å². The summed E-state index contributed by atoms with van der Waals surface area (Å²) in [6.07, 6.45) is 4.16. The maximum atomic E-state index is 14.1. The minimum absolute atomic E-state index is 0.0797. The van der Waals surface area contributed by atoms with Gasteiger partial charge in [-0.15, -0.1) is 0 Å². The molecule has 0 bridgehead atoms. The third-order valence-corrected chi connectivity index (χ3v) is 10.0. The highest BCUT2D eigenvalue weighted by molar-refractivity contribution is 7.89. The van der Waals surface area contributed by atoms with Gasteiger partial charge in [-0.3, -0.25) is 9.78 Å². The molecule has 0 saturated heterocycles. The number of amides is 1. The van der Waals surface area contributed by atoms with Crippen molar-refractivity contribution in [1.29, 1.82) is 0 Å². The molecule has 3 aromatic carbocycles. The number of fused-ring (bicyclic) bond motifs is 1. The van der Waals surface area contributed by atoms with Gasteiger partial charge in [-0.1, -0.05) is 61.5 Å². The molecule has 6 rings (SSSR count). The van der Waals surface area contributed by atoms with Gasteiger partial charge in [-0.05, 0) is 104 Å². The first-order valence-corrected chi connectivity index (χ1v) is 16.3. The molecule has 1 fully saturated rings. The van der Waals surface area contributed by atoms with Crippen molar-refractivity contribution in [2.24, 2.45) is 5.92 Å². The zero-order valence-electron chi connectivity index (χ0n) is 24.2. The Morgan fingerprint density at radius 2 is 1.76 bits per heavy atom. The van der Waals surface area contributed by atoms with Crippen LogP contribution in [0.3, 0.4) is 0 Å². The van der Waals surface area contributed by atoms with E-state index in [1.165, 1.54) is 5.56 Å². The van der Waals surface area contributed by atoms with Gasteiger partial charge in [0.15, 0.2) is 0 Å². The SMILES string of the molecule is CCc1ccc(S(=O)(=O)NC2CCCc3ccc(N(Cc4cccc(C)n4)C(=O)C4CC4c4ccccc4)cc32)cc1. The number of carbonyl (C=O) groups excluding carboxylic acids is 1. The van der Waals surface area contributed by atoms with E-state index in [1.54, 1.807) is 12.1 Å². The summed E-state index contributed by atoms with van der Waals surface area (Å²) in [4.78, 5) is 20.9. The Bertz CT molecular complexity index is 1690. The highest BCUT2D eigenvalue weighted by Gasteiger charge is 2.46. The summed E-state index contributed by atoms with van der Waals surface area (Å²) in [5.74, 6) is 0.202. The van der Waals surface area contributed by atoms with Crippen LogP contribution in [0, 0.1) is 12.8 Å². The van der Waals surface area contributed by atoms with Crippen LogP contribution in [-0.2, 0) is 34.2 Å². The molecule has 7 heteroatoms. The number of pyridine rings is 1. The van der Waals surface area contributed by atoms with Gasteiger partial charge in [0, 0.05) is 23.3 Å². The van der Waals surface area contributed by atoms with Gasteiger partial charge in [0.25, 0.3) is 0 Å². The lowest BCUT2D eigenvalue weighted by molar-refractivity contribution is -0.120. The lowest BCUT2D eigenvalue weighted by atomic mass is 9.87. The summed E-state index contributed by atoms with van der Waals surface area (Å²) in [5, 5.41) is 0. The first-order valence-electron chi connectivity index (χ1n) is 14.9. The summed E-state index contributed by atoms with van der Waals surface area (Å²) in [6, 6.07) is 28.9. The van der Waals surface area contributed by atoms with E-state index in [-0.39, 0.29) is 28.7 Å². The lowest BCUT2D eigenvalue weighted by Gasteiger charge is -2.29. The minimum Gasteiger partial charge on any atom is -0.306 e. The Kier molecular flexibility index (Phi) is 7.97. The third-order valence-electron chi connectivity index (χ3n) is 8.56. The number of rotatable bonds is 9. The maximum absolute atomic E-state index is 14.1. The Balaban J connectivity index is 1.31. The number of hydrogen-bond donors (Lipinski definition) is 1. The number of sulfonamides is 1. The monoisotopic (exact) mass is 579 g/mol. The standard InChI is InChI=1S/C35H37N3O3S/c1-3-25-15-19-30(20-16-25)42(40,41)37-34-14-8-12-27-17-18-29(21-32(27)34)38(23-28-13-7-9-24(2)36-28)35(39)33-22-31(33)26-10-5-4-6-11-26/h4-7,9-11,13,15-21,31,33-34,37H,3,8,12,14,22-23H2,1-2H3. The molecule has 1 heterocycles. The van der Waals surface area contributed by atoms with E-state index < -0.39 is 10.0 Å². The molecule has 1 amide bonds. The van der Waals surface area contributed by atoms with Crippen molar-refractivity contribution in [3.63, 3.8) is 0 Å². The van der Waals surface area contributed by atoms with Crippen molar-refractivity contribution >= 4 is 21.6 Å². The molecule has 2 aliphatic carbocycles. The molecule has 0 aliphatic heterocycles. The number of nitrogens with zero attached hydrogens (tertiary/aromatic N) is 2. The van der Waals surface area contributed by atoms with Gasteiger partial charge >= 0.3 is 0 Å². The van der Waals surface area contributed by atoms with Crippen LogP contribution in [0.25, 0.3) is 0 Å². The van der Waals surface area contributed by atoms with E-state index in [1.807, 2.05) is 79.4 Å². The molecule has 6 nitrogen and oxygen atoms in total. The van der Waals surface area contributed by atoms with E-state index in [9.17, 15) is 13.2 Å². The number of aromatic nitrogens is 1. The van der Waals surface area contributed by atoms with Crippen LogP contribution < -0.4 is 9.62 Å². The van der Waals surface area contributed by atoms with Crippen LogP contribution in [0.1, 0.15) is 71.8 Å². The molecule has 42 heavy (non-hydrogen) atoms. The Labute approximate surface area is 248 Å². The molecule has 1 N–H and O–H groups in total. The normalized spacial score (nSPS) is 19.6. The molecule has 3 atom stereocenters. The second kappa shape index (κ2) is 11.8. The van der Waals surface area contributed by atoms with E-state index in [4.69, 9.17) is 0 Å². The fourth-order valence-electron chi connectivity index (χ4n) is 6.12. The molecule has 3 unspecified atom stereocenters. The molecule has 1 aromatic heterocycles. The molecular weight excluding hydrogens is 542 g/mol. The van der Waals surface area contributed by atoms with E-state index in [0.29, 0.717) is 13.0 Å². The zero-order valence-corrected chi connectivity index (χ0v) is 25.0. The number of hydrogen-bond acceptors (Lipinski definition) is 4. The largest absolute Gasteiger partial charge is 0.306 e. The molecule has 0 radical (unpaired) electrons. The third kappa shape index (κ3) is 6.03. The molecule has 1 saturated carbocycles. The first kappa shape index (κ1) is 28.3. The van der Waals surface area contributed by atoms with Gasteiger partial charge in [0.2, 0.25) is 15.9 Å². The number of nitrogens with one attached hydrogen (secondary N) is 1. The summed E-state index contributed by atoms with van der Waals surface area (Å²) >= 11 is 0. The van der Waals surface area contributed by atoms with Gasteiger partial charge in [-0.2, -0.15) is 0 Å². The summed E-state index contributed by atoms with van der Waals surface area (Å²) in [7, 11) is -3.71. The van der Waals surface area contributed by atoms with E-state index in [2.05, 4.69) is 27.9 Å². The summed E-state index contributed by atoms with van der Waals surface area (Å²) in [6.45, 7) is 4.36. The second-order valence-corrected chi connectivity index (χ2v) is 13.2. The van der Waals surface area contributed by atoms with Crippen molar-refractivity contribution in [3.05, 3.63) is 125 Å². The van der Waals surface area contributed by atoms with Crippen molar-refractivity contribution in [2.45, 2.75) is 69.4 Å². The van der Waals surface area contributed by atoms with E-state index in [0.717, 1.165) is 59.4 Å². The predicted molar refractivity (Wildman–Crippen MR) is 166 cm³/mol. The van der Waals surface area contributed by atoms with Crippen molar-refractivity contribution in [1.82, 2.24) is 9.71 Å². The van der Waals surface area contributed by atoms with Crippen LogP contribution >= 0.6 is 0 Å². The van der Waals surface area contributed by atoms with Crippen LogP contribution in [0.5, 0.6) is 0 Å². The summed E-state index contributed by atoms with van der Waals surface area (Å²) < 4.78 is 29.8. The smallest absolute Gasteiger partial charge is 0.241 e. The Morgan fingerprint density at radius 1 is 0.976 bits per heavy atom. The molecular formula is C35H37N3O3S. The average molecular weight is 580 g/mol. The Hall–Kier alpha value is -3.81. The Morgan fingerprint density at radius 3 is 2.50 bits per heavy atom. The topological polar surface area (TPSA) is 79.4 Å². The maximum Gasteiger partial charge on any atom is 0.241 e. The number of aryl methyl sites for hydroxylation is 3. The zero-order chi connectivity index (χ0) is 29.3. The quantitative estimate of drug-likeness (QED) is 0.241. The fraction of sp³-hybridized carbons (Fsp3) is 0.314. The number of benzene rings is 3. The molecule has 0 spiro atoms. The molecule has 4 aromatic rings. The lowest BCUT2D eigenvalue weighted by Crippen LogP contribution is -2.34. The fourth-order valence-corrected chi connectivity index (χ4v) is 7.37. The van der Waals surface area contributed by atoms with Crippen LogP contribution in [0.4, 0.5) is 5.69 Å². The van der Waals surface area contributed by atoms with Crippen molar-refractivity contribution in [3.8, 4) is 0 Å². The number of anilines is 1. The van der Waals surface area contributed by atoms with Crippen molar-refractivity contribution in [2.75, 3.05) is 4.90 Å². The molecule has 216 valence electrons. The van der Waals surface area contributed by atoms with Gasteiger partial charge in [-0.25, -0.2) is 13.1 Å². The second-order valence-electron chi connectivity index (χ2n) is 11.5. The average Bonchev–Trinajstić information content (AvgIpc) is 3.81. The number of carbonyl (C=O) groups is 1. The van der Waals surface area contributed by atoms with E-state index >= 15 is 0 Å². The first-order chi connectivity index (χ1) is 20.3. The van der Waals surface area contributed by atoms with Gasteiger partial charge in [0.1, 0.15) is 0 Å². The summed E-state index contributed by atoms with van der Waals surface area (Å²) in [5.41, 5.74) is 6.85. The van der Waals surface area contributed by atoms with Crippen molar-refractivity contribution < 1.29 is 13.2 Å². The van der Waals surface area contributed by atoms with Gasteiger partial charge in [0.05, 0.1) is 17.1 Å². The highest BCUT2D eigenvalue weighted by Crippen LogP contribution is 2.49. The molecule has 2 aliphatic rings.